The fourth-order valence-electron chi connectivity index (χ4n) is 9.05. The molecule has 0 saturated heterocycles. The van der Waals surface area contributed by atoms with Gasteiger partial charge < -0.3 is 9.32 Å². The van der Waals surface area contributed by atoms with Gasteiger partial charge >= 0.3 is 0 Å². The number of anilines is 3. The Morgan fingerprint density at radius 1 is 0.400 bits per heavy atom. The molecule has 9 aromatic carbocycles. The summed E-state index contributed by atoms with van der Waals surface area (Å²) in [6.07, 6.45) is 0. The minimum Gasteiger partial charge on any atom is -0.456 e. The summed E-state index contributed by atoms with van der Waals surface area (Å²) >= 11 is 0. The number of nitrogens with zero attached hydrogens (tertiary/aromatic N) is 1. The zero-order chi connectivity index (χ0) is 36.7. The summed E-state index contributed by atoms with van der Waals surface area (Å²) in [7, 11) is 0. The molecule has 0 N–H and O–H groups in total. The first-order valence-electron chi connectivity index (χ1n) is 19.1. The van der Waals surface area contributed by atoms with Crippen molar-refractivity contribution >= 4 is 60.5 Å². The normalized spacial score (nSPS) is 13.1. The van der Waals surface area contributed by atoms with E-state index in [1.165, 1.54) is 71.7 Å². The van der Waals surface area contributed by atoms with Crippen molar-refractivity contribution < 1.29 is 4.42 Å². The molecule has 1 aliphatic rings. The maximum Gasteiger partial charge on any atom is 0.136 e. The SMILES string of the molecule is CC1(C)c2ccccc2-c2c(N(c3ccc(-c4ccc5cc6c(cc5c4)oc4ccccc46)cc3)c3ccccc3-c3ccc4ccccc4c3)cccc21. The number of fused-ring (bicyclic) bond motifs is 8. The number of para-hydroxylation sites is 2. The van der Waals surface area contributed by atoms with Crippen LogP contribution in [-0.4, -0.2) is 0 Å². The van der Waals surface area contributed by atoms with Crippen LogP contribution in [0.5, 0.6) is 0 Å². The smallest absolute Gasteiger partial charge is 0.136 e. The molecule has 0 radical (unpaired) electrons. The van der Waals surface area contributed by atoms with Crippen LogP contribution in [0.25, 0.3) is 76.9 Å². The molecule has 2 heteroatoms. The predicted molar refractivity (Wildman–Crippen MR) is 232 cm³/mol. The molecular weight excluding hydrogens is 667 g/mol. The second-order valence-electron chi connectivity index (χ2n) is 15.3. The van der Waals surface area contributed by atoms with Gasteiger partial charge in [0.1, 0.15) is 11.2 Å². The summed E-state index contributed by atoms with van der Waals surface area (Å²) < 4.78 is 6.26. The van der Waals surface area contributed by atoms with Gasteiger partial charge in [-0.25, -0.2) is 0 Å². The lowest BCUT2D eigenvalue weighted by atomic mass is 9.82. The van der Waals surface area contributed by atoms with E-state index in [4.69, 9.17) is 4.42 Å². The summed E-state index contributed by atoms with van der Waals surface area (Å²) in [6.45, 7) is 4.71. The highest BCUT2D eigenvalue weighted by Gasteiger charge is 2.38. The summed E-state index contributed by atoms with van der Waals surface area (Å²) in [6, 6.07) is 68.6. The molecular formula is C53H37NO. The van der Waals surface area contributed by atoms with Gasteiger partial charge in [0.15, 0.2) is 0 Å². The third kappa shape index (κ3) is 4.95. The van der Waals surface area contributed by atoms with Crippen LogP contribution in [0.3, 0.4) is 0 Å². The van der Waals surface area contributed by atoms with Gasteiger partial charge in [0, 0.05) is 33.0 Å². The zero-order valence-corrected chi connectivity index (χ0v) is 30.8. The topological polar surface area (TPSA) is 16.4 Å². The first-order valence-corrected chi connectivity index (χ1v) is 19.1. The van der Waals surface area contributed by atoms with Crippen molar-refractivity contribution in [3.63, 3.8) is 0 Å². The van der Waals surface area contributed by atoms with E-state index in [1.807, 2.05) is 12.1 Å². The molecule has 0 saturated carbocycles. The van der Waals surface area contributed by atoms with Gasteiger partial charge in [0.2, 0.25) is 0 Å². The highest BCUT2D eigenvalue weighted by Crippen LogP contribution is 2.55. The highest BCUT2D eigenvalue weighted by atomic mass is 16.3. The minimum absolute atomic E-state index is 0.112. The summed E-state index contributed by atoms with van der Waals surface area (Å²) in [5.41, 5.74) is 15.2. The maximum atomic E-state index is 6.26. The number of benzene rings is 9. The van der Waals surface area contributed by atoms with E-state index >= 15 is 0 Å². The van der Waals surface area contributed by atoms with Gasteiger partial charge in [0.05, 0.1) is 11.4 Å². The molecule has 0 unspecified atom stereocenters. The zero-order valence-electron chi connectivity index (χ0n) is 30.8. The maximum absolute atomic E-state index is 6.26. The quantitative estimate of drug-likeness (QED) is 0.177. The van der Waals surface area contributed by atoms with E-state index in [1.54, 1.807) is 0 Å². The monoisotopic (exact) mass is 703 g/mol. The first-order chi connectivity index (χ1) is 27.0. The Hall–Kier alpha value is -6.90. The minimum atomic E-state index is -0.112. The molecule has 10 aromatic rings. The third-order valence-electron chi connectivity index (χ3n) is 11.8. The van der Waals surface area contributed by atoms with Gasteiger partial charge in [0.25, 0.3) is 0 Å². The van der Waals surface area contributed by atoms with E-state index in [9.17, 15) is 0 Å². The van der Waals surface area contributed by atoms with Gasteiger partial charge in [-0.15, -0.1) is 0 Å². The van der Waals surface area contributed by atoms with Gasteiger partial charge in [-0.3, -0.25) is 0 Å². The van der Waals surface area contributed by atoms with Crippen molar-refractivity contribution in [2.24, 2.45) is 0 Å². The fraction of sp³-hybridized carbons (Fsp3) is 0.0566. The van der Waals surface area contributed by atoms with Crippen molar-refractivity contribution in [2.45, 2.75) is 19.3 Å². The molecule has 0 amide bonds. The molecule has 0 aliphatic heterocycles. The van der Waals surface area contributed by atoms with E-state index in [0.717, 1.165) is 33.3 Å². The molecule has 0 spiro atoms. The van der Waals surface area contributed by atoms with Crippen LogP contribution in [0.2, 0.25) is 0 Å². The Bertz CT molecular complexity index is 3130. The Morgan fingerprint density at radius 3 is 1.93 bits per heavy atom. The van der Waals surface area contributed by atoms with Crippen molar-refractivity contribution in [3.8, 4) is 33.4 Å². The number of hydrogen-bond acceptors (Lipinski definition) is 2. The van der Waals surface area contributed by atoms with Crippen molar-refractivity contribution in [3.05, 3.63) is 199 Å². The van der Waals surface area contributed by atoms with Crippen LogP contribution in [0.1, 0.15) is 25.0 Å². The lowest BCUT2D eigenvalue weighted by molar-refractivity contribution is 0.660. The fourth-order valence-corrected chi connectivity index (χ4v) is 9.05. The average Bonchev–Trinajstić information content (AvgIpc) is 3.71. The lowest BCUT2D eigenvalue weighted by Gasteiger charge is -2.30. The highest BCUT2D eigenvalue weighted by molar-refractivity contribution is 6.10. The molecule has 55 heavy (non-hydrogen) atoms. The number of furan rings is 1. The van der Waals surface area contributed by atoms with Crippen LogP contribution >= 0.6 is 0 Å². The van der Waals surface area contributed by atoms with Gasteiger partial charge in [-0.2, -0.15) is 0 Å². The van der Waals surface area contributed by atoms with E-state index in [2.05, 4.69) is 195 Å². The van der Waals surface area contributed by atoms with Crippen LogP contribution in [0, 0.1) is 0 Å². The van der Waals surface area contributed by atoms with Gasteiger partial charge in [-0.05, 0) is 110 Å². The standard InChI is InChI=1S/C53H37NO/c1-53(2)46-17-8-5-16-44(46)52-47(53)18-11-20-49(52)54(48-19-9-6-14-42(48)39-25-22-34-12-3-4-13-36(34)30-39)41-28-26-35(27-29-41)37-23-24-38-32-45-43-15-7-10-21-50(43)55-51(45)33-40(38)31-37/h3-33H,1-2H3. The predicted octanol–water partition coefficient (Wildman–Crippen LogP) is 15.0. The van der Waals surface area contributed by atoms with E-state index < -0.39 is 0 Å². The van der Waals surface area contributed by atoms with Crippen LogP contribution in [-0.2, 0) is 5.41 Å². The van der Waals surface area contributed by atoms with E-state index in [-0.39, 0.29) is 5.41 Å². The Labute approximate surface area is 320 Å². The molecule has 11 rings (SSSR count). The van der Waals surface area contributed by atoms with Gasteiger partial charge in [-0.1, -0.05) is 147 Å². The second kappa shape index (κ2) is 12.1. The van der Waals surface area contributed by atoms with Crippen molar-refractivity contribution in [2.75, 3.05) is 4.90 Å². The summed E-state index contributed by atoms with van der Waals surface area (Å²) in [4.78, 5) is 2.48. The Morgan fingerprint density at radius 2 is 1.04 bits per heavy atom. The lowest BCUT2D eigenvalue weighted by Crippen LogP contribution is -2.16. The largest absolute Gasteiger partial charge is 0.456 e. The molecule has 260 valence electrons. The molecule has 2 nitrogen and oxygen atoms in total. The van der Waals surface area contributed by atoms with Crippen molar-refractivity contribution in [1.82, 2.24) is 0 Å². The third-order valence-corrected chi connectivity index (χ3v) is 11.8. The molecule has 1 aliphatic carbocycles. The molecule has 0 atom stereocenters. The van der Waals surface area contributed by atoms with Crippen LogP contribution in [0.15, 0.2) is 192 Å². The molecule has 1 aromatic heterocycles. The summed E-state index contributed by atoms with van der Waals surface area (Å²) in [5, 5.41) is 7.16. The Balaban J connectivity index is 1.07. The van der Waals surface area contributed by atoms with Crippen molar-refractivity contribution in [1.29, 1.82) is 0 Å². The Kier molecular flexibility index (Phi) is 6.93. The van der Waals surface area contributed by atoms with Crippen LogP contribution in [0.4, 0.5) is 17.1 Å². The number of rotatable bonds is 5. The average molecular weight is 704 g/mol. The molecule has 0 bridgehead atoms. The van der Waals surface area contributed by atoms with E-state index in [0.29, 0.717) is 0 Å². The van der Waals surface area contributed by atoms with Crippen LogP contribution < -0.4 is 4.90 Å². The second-order valence-corrected chi connectivity index (χ2v) is 15.3. The summed E-state index contributed by atoms with van der Waals surface area (Å²) in [5.74, 6) is 0. The molecule has 0 fully saturated rings. The molecule has 1 heterocycles. The number of hydrogen-bond donors (Lipinski definition) is 0. The first kappa shape index (κ1) is 31.6.